The van der Waals surface area contributed by atoms with E-state index in [1.807, 2.05) is 0 Å². The molecule has 1 aromatic rings. The van der Waals surface area contributed by atoms with E-state index in [2.05, 4.69) is 5.32 Å². The SMILES string of the molecule is NCCCCNc1ccc(C(F)(F)F)cc1. The topological polar surface area (TPSA) is 38.0 Å². The molecule has 0 aliphatic rings. The van der Waals surface area contributed by atoms with Gasteiger partial charge in [-0.3, -0.25) is 0 Å². The number of hydrogen-bond acceptors (Lipinski definition) is 2. The van der Waals surface area contributed by atoms with Crippen LogP contribution in [0.25, 0.3) is 0 Å². The molecule has 90 valence electrons. The predicted molar refractivity (Wildman–Crippen MR) is 58.2 cm³/mol. The first kappa shape index (κ1) is 12.8. The molecule has 0 unspecified atom stereocenters. The zero-order valence-electron chi connectivity index (χ0n) is 8.85. The van der Waals surface area contributed by atoms with E-state index in [1.165, 1.54) is 12.1 Å². The van der Waals surface area contributed by atoms with E-state index in [0.717, 1.165) is 31.5 Å². The zero-order chi connectivity index (χ0) is 12.0. The molecule has 0 atom stereocenters. The molecule has 0 heterocycles. The van der Waals surface area contributed by atoms with Crippen molar-refractivity contribution in [3.05, 3.63) is 29.8 Å². The van der Waals surface area contributed by atoms with Gasteiger partial charge in [0.05, 0.1) is 5.56 Å². The Labute approximate surface area is 92.6 Å². The first-order valence-electron chi connectivity index (χ1n) is 5.15. The van der Waals surface area contributed by atoms with Crippen LogP contribution >= 0.6 is 0 Å². The van der Waals surface area contributed by atoms with Crippen LogP contribution < -0.4 is 11.1 Å². The third-order valence-electron chi connectivity index (χ3n) is 2.17. The van der Waals surface area contributed by atoms with Crippen LogP contribution in [0, 0.1) is 0 Å². The summed E-state index contributed by atoms with van der Waals surface area (Å²) in [5.41, 5.74) is 5.40. The lowest BCUT2D eigenvalue weighted by atomic mass is 10.2. The molecule has 3 N–H and O–H groups in total. The molecule has 0 aromatic heterocycles. The summed E-state index contributed by atoms with van der Waals surface area (Å²) in [6, 6.07) is 5.02. The van der Waals surface area contributed by atoms with Gasteiger partial charge in [-0.25, -0.2) is 0 Å². The van der Waals surface area contributed by atoms with Crippen molar-refractivity contribution in [3.63, 3.8) is 0 Å². The molecule has 16 heavy (non-hydrogen) atoms. The first-order valence-corrected chi connectivity index (χ1v) is 5.15. The minimum absolute atomic E-state index is 0.625. The van der Waals surface area contributed by atoms with Gasteiger partial charge in [0.2, 0.25) is 0 Å². The van der Waals surface area contributed by atoms with Crippen molar-refractivity contribution >= 4 is 5.69 Å². The van der Waals surface area contributed by atoms with Crippen molar-refractivity contribution in [1.82, 2.24) is 0 Å². The molecule has 1 rings (SSSR count). The third-order valence-corrected chi connectivity index (χ3v) is 2.17. The van der Waals surface area contributed by atoms with Gasteiger partial charge >= 0.3 is 6.18 Å². The summed E-state index contributed by atoms with van der Waals surface area (Å²) in [6.07, 6.45) is -2.44. The van der Waals surface area contributed by atoms with Crippen molar-refractivity contribution in [2.45, 2.75) is 19.0 Å². The highest BCUT2D eigenvalue weighted by Crippen LogP contribution is 2.29. The quantitative estimate of drug-likeness (QED) is 0.766. The van der Waals surface area contributed by atoms with Gasteiger partial charge in [0.15, 0.2) is 0 Å². The summed E-state index contributed by atoms with van der Waals surface area (Å²) in [6.45, 7) is 1.36. The maximum atomic E-state index is 12.2. The van der Waals surface area contributed by atoms with Crippen molar-refractivity contribution < 1.29 is 13.2 Å². The monoisotopic (exact) mass is 232 g/mol. The van der Waals surface area contributed by atoms with Crippen LogP contribution in [0.4, 0.5) is 18.9 Å². The van der Waals surface area contributed by atoms with Crippen molar-refractivity contribution in [1.29, 1.82) is 0 Å². The molecule has 0 bridgehead atoms. The fraction of sp³-hybridized carbons (Fsp3) is 0.455. The van der Waals surface area contributed by atoms with Gasteiger partial charge in [-0.05, 0) is 43.7 Å². The van der Waals surface area contributed by atoms with E-state index < -0.39 is 11.7 Å². The number of nitrogens with one attached hydrogen (secondary N) is 1. The molecule has 0 fully saturated rings. The van der Waals surface area contributed by atoms with Crippen molar-refractivity contribution in [2.75, 3.05) is 18.4 Å². The Hall–Kier alpha value is -1.23. The summed E-state index contributed by atoms with van der Waals surface area (Å²) < 4.78 is 36.7. The second-order valence-corrected chi connectivity index (χ2v) is 3.50. The lowest BCUT2D eigenvalue weighted by Crippen LogP contribution is -2.07. The highest BCUT2D eigenvalue weighted by Gasteiger charge is 2.29. The highest BCUT2D eigenvalue weighted by atomic mass is 19.4. The van der Waals surface area contributed by atoms with E-state index >= 15 is 0 Å². The molecule has 1 aromatic carbocycles. The molecule has 0 aliphatic carbocycles. The summed E-state index contributed by atoms with van der Waals surface area (Å²) in [5, 5.41) is 3.04. The first-order chi connectivity index (χ1) is 7.54. The van der Waals surface area contributed by atoms with E-state index in [1.54, 1.807) is 0 Å². The standard InChI is InChI=1S/C11H15F3N2/c12-11(13,14)9-3-5-10(6-4-9)16-8-2-1-7-15/h3-6,16H,1-2,7-8,15H2. The number of anilines is 1. The summed E-state index contributed by atoms with van der Waals surface area (Å²) in [7, 11) is 0. The molecule has 5 heteroatoms. The van der Waals surface area contributed by atoms with Crippen LogP contribution in [0.15, 0.2) is 24.3 Å². The third kappa shape index (κ3) is 4.10. The zero-order valence-corrected chi connectivity index (χ0v) is 8.85. The molecular weight excluding hydrogens is 217 g/mol. The maximum Gasteiger partial charge on any atom is 0.416 e. The van der Waals surface area contributed by atoms with Gasteiger partial charge in [-0.15, -0.1) is 0 Å². The van der Waals surface area contributed by atoms with Gasteiger partial charge in [-0.1, -0.05) is 0 Å². The van der Waals surface area contributed by atoms with Crippen LogP contribution in [-0.4, -0.2) is 13.1 Å². The molecule has 0 aliphatic heterocycles. The van der Waals surface area contributed by atoms with Crippen LogP contribution in [-0.2, 0) is 6.18 Å². The number of nitrogens with two attached hydrogens (primary N) is 1. The Morgan fingerprint density at radius 3 is 2.19 bits per heavy atom. The second-order valence-electron chi connectivity index (χ2n) is 3.50. The molecule has 0 spiro atoms. The number of halogens is 3. The van der Waals surface area contributed by atoms with Gasteiger partial charge in [-0.2, -0.15) is 13.2 Å². The predicted octanol–water partition coefficient (Wildman–Crippen LogP) is 2.86. The van der Waals surface area contributed by atoms with E-state index in [9.17, 15) is 13.2 Å². The molecule has 0 amide bonds. The van der Waals surface area contributed by atoms with E-state index in [-0.39, 0.29) is 0 Å². The van der Waals surface area contributed by atoms with Gasteiger partial charge < -0.3 is 11.1 Å². The molecular formula is C11H15F3N2. The Kier molecular flexibility index (Phi) is 4.61. The van der Waals surface area contributed by atoms with Crippen molar-refractivity contribution in [2.24, 2.45) is 5.73 Å². The minimum atomic E-state index is -4.27. The van der Waals surface area contributed by atoms with E-state index in [0.29, 0.717) is 12.2 Å². The molecule has 0 saturated carbocycles. The Balaban J connectivity index is 2.46. The molecule has 2 nitrogen and oxygen atoms in total. The van der Waals surface area contributed by atoms with Crippen LogP contribution in [0.2, 0.25) is 0 Å². The summed E-state index contributed by atoms with van der Waals surface area (Å²) in [4.78, 5) is 0. The lowest BCUT2D eigenvalue weighted by Gasteiger charge is -2.09. The number of benzene rings is 1. The summed E-state index contributed by atoms with van der Waals surface area (Å²) in [5.74, 6) is 0. The maximum absolute atomic E-state index is 12.2. The minimum Gasteiger partial charge on any atom is -0.385 e. The fourth-order valence-corrected chi connectivity index (χ4v) is 1.28. The number of unbranched alkanes of at least 4 members (excludes halogenated alkanes) is 1. The number of alkyl halides is 3. The Morgan fingerprint density at radius 2 is 1.69 bits per heavy atom. The van der Waals surface area contributed by atoms with Crippen molar-refractivity contribution in [3.8, 4) is 0 Å². The largest absolute Gasteiger partial charge is 0.416 e. The Bertz CT molecular complexity index is 306. The summed E-state index contributed by atoms with van der Waals surface area (Å²) >= 11 is 0. The average Bonchev–Trinajstić information content (AvgIpc) is 2.24. The van der Waals surface area contributed by atoms with E-state index in [4.69, 9.17) is 5.73 Å². The molecule has 0 saturated heterocycles. The number of rotatable bonds is 5. The number of hydrogen-bond donors (Lipinski definition) is 2. The lowest BCUT2D eigenvalue weighted by molar-refractivity contribution is -0.137. The van der Waals surface area contributed by atoms with Gasteiger partial charge in [0.25, 0.3) is 0 Å². The second kappa shape index (κ2) is 5.75. The van der Waals surface area contributed by atoms with Crippen LogP contribution in [0.1, 0.15) is 18.4 Å². The average molecular weight is 232 g/mol. The molecule has 0 radical (unpaired) electrons. The van der Waals surface area contributed by atoms with Crippen LogP contribution in [0.5, 0.6) is 0 Å². The highest BCUT2D eigenvalue weighted by molar-refractivity contribution is 5.44. The van der Waals surface area contributed by atoms with Gasteiger partial charge in [0.1, 0.15) is 0 Å². The van der Waals surface area contributed by atoms with Gasteiger partial charge in [0, 0.05) is 12.2 Å². The Morgan fingerprint density at radius 1 is 1.06 bits per heavy atom. The fourth-order valence-electron chi connectivity index (χ4n) is 1.28. The normalized spacial score (nSPS) is 11.5. The smallest absolute Gasteiger partial charge is 0.385 e. The van der Waals surface area contributed by atoms with Crippen LogP contribution in [0.3, 0.4) is 0 Å².